The number of fused-ring (bicyclic) bond motifs is 1. The van der Waals surface area contributed by atoms with Crippen LogP contribution in [0.2, 0.25) is 0 Å². The molecule has 2 aromatic heterocycles. The first-order valence-corrected chi connectivity index (χ1v) is 10.1. The van der Waals surface area contributed by atoms with E-state index in [1.54, 1.807) is 45.2 Å². The monoisotopic (exact) mass is 426 g/mol. The molecule has 7 heteroatoms. The van der Waals surface area contributed by atoms with Gasteiger partial charge in [0.1, 0.15) is 23.1 Å². The highest BCUT2D eigenvalue weighted by molar-refractivity contribution is 5.96. The highest BCUT2D eigenvalue weighted by Gasteiger charge is 2.28. The van der Waals surface area contributed by atoms with Crippen molar-refractivity contribution in [3.05, 3.63) is 88.7 Å². The van der Waals surface area contributed by atoms with Crippen molar-refractivity contribution in [1.29, 1.82) is 5.26 Å². The van der Waals surface area contributed by atoms with E-state index in [0.717, 1.165) is 11.1 Å². The molecular weight excluding hydrogens is 404 g/mol. The number of aromatic amines is 1. The number of carbonyl (C=O) groups is 1. The average Bonchev–Trinajstić information content (AvgIpc) is 3.24. The van der Waals surface area contributed by atoms with E-state index in [2.05, 4.69) is 5.10 Å². The first kappa shape index (κ1) is 20.9. The van der Waals surface area contributed by atoms with Gasteiger partial charge in [-0.15, -0.1) is 0 Å². The van der Waals surface area contributed by atoms with Gasteiger partial charge in [-0.2, -0.15) is 5.26 Å². The maximum Gasteiger partial charge on any atom is 0.420 e. The van der Waals surface area contributed by atoms with Crippen LogP contribution in [0.25, 0.3) is 16.6 Å². The number of rotatable bonds is 3. The molecule has 1 N–H and O–H groups in total. The van der Waals surface area contributed by atoms with Gasteiger partial charge in [0.2, 0.25) is 5.43 Å². The Labute approximate surface area is 185 Å². The Balaban J connectivity index is 1.87. The zero-order chi connectivity index (χ0) is 22.9. The van der Waals surface area contributed by atoms with Crippen LogP contribution in [-0.2, 0) is 4.74 Å². The Bertz CT molecular complexity index is 1370. The van der Waals surface area contributed by atoms with Crippen molar-refractivity contribution in [3.63, 3.8) is 0 Å². The fraction of sp³-hybridized carbons (Fsp3) is 0.160. The zero-order valence-electron chi connectivity index (χ0n) is 18.0. The van der Waals surface area contributed by atoms with Gasteiger partial charge in [-0.05, 0) is 50.1 Å². The number of benzene rings is 2. The third-order valence-electron chi connectivity index (χ3n) is 4.83. The molecule has 32 heavy (non-hydrogen) atoms. The van der Waals surface area contributed by atoms with Crippen molar-refractivity contribution in [1.82, 2.24) is 9.61 Å². The highest BCUT2D eigenvalue weighted by atomic mass is 16.6. The summed E-state index contributed by atoms with van der Waals surface area (Å²) in [6.45, 7) is 5.32. The van der Waals surface area contributed by atoms with Crippen molar-refractivity contribution < 1.29 is 9.53 Å². The van der Waals surface area contributed by atoms with Crippen molar-refractivity contribution in [2.24, 2.45) is 0 Å². The molecule has 2 heterocycles. The third-order valence-corrected chi connectivity index (χ3v) is 4.83. The van der Waals surface area contributed by atoms with E-state index in [9.17, 15) is 14.9 Å². The number of aromatic nitrogens is 2. The van der Waals surface area contributed by atoms with E-state index >= 15 is 0 Å². The zero-order valence-corrected chi connectivity index (χ0v) is 18.0. The lowest BCUT2D eigenvalue weighted by molar-refractivity contribution is 0.0597. The van der Waals surface area contributed by atoms with E-state index in [-0.39, 0.29) is 11.4 Å². The number of nitriles is 1. The fourth-order valence-electron chi connectivity index (χ4n) is 3.45. The van der Waals surface area contributed by atoms with Crippen LogP contribution in [-0.4, -0.2) is 21.3 Å². The van der Waals surface area contributed by atoms with E-state index in [1.165, 1.54) is 15.5 Å². The molecule has 4 rings (SSSR count). The summed E-state index contributed by atoms with van der Waals surface area (Å²) in [7, 11) is 0. The Morgan fingerprint density at radius 2 is 1.69 bits per heavy atom. The number of ether oxygens (including phenoxy) is 1. The number of hydrogen-bond acceptors (Lipinski definition) is 4. The van der Waals surface area contributed by atoms with Gasteiger partial charge >= 0.3 is 6.09 Å². The normalized spacial score (nSPS) is 11.2. The Morgan fingerprint density at radius 3 is 2.31 bits per heavy atom. The minimum absolute atomic E-state index is 0.00133. The number of H-pyrrole nitrogens is 1. The van der Waals surface area contributed by atoms with Crippen molar-refractivity contribution in [3.8, 4) is 17.2 Å². The molecule has 4 aromatic rings. The summed E-state index contributed by atoms with van der Waals surface area (Å²) in [5.41, 5.74) is 1.71. The van der Waals surface area contributed by atoms with Crippen LogP contribution < -0.4 is 10.3 Å². The van der Waals surface area contributed by atoms with Crippen LogP contribution in [0.3, 0.4) is 0 Å². The van der Waals surface area contributed by atoms with Crippen LogP contribution in [0.4, 0.5) is 16.3 Å². The fourth-order valence-corrected chi connectivity index (χ4v) is 3.45. The Kier molecular flexibility index (Phi) is 5.29. The summed E-state index contributed by atoms with van der Waals surface area (Å²) in [5, 5.41) is 12.4. The molecule has 0 saturated heterocycles. The lowest BCUT2D eigenvalue weighted by atomic mass is 10.1. The summed E-state index contributed by atoms with van der Waals surface area (Å²) >= 11 is 0. The Morgan fingerprint density at radius 1 is 1.03 bits per heavy atom. The molecule has 0 saturated carbocycles. The first-order chi connectivity index (χ1) is 15.3. The minimum atomic E-state index is -0.744. The van der Waals surface area contributed by atoms with E-state index < -0.39 is 17.1 Å². The lowest BCUT2D eigenvalue weighted by Crippen LogP contribution is -2.35. The standard InChI is InChI=1S/C25H22N4O3/c1-25(2,3)32-24(31)28(19-11-9-18(10-12-19)17-7-5-4-6-8-17)23-15-22(30)20(16-26)21-13-14-27-29(21)23/h4-15,27H,1-3H3. The van der Waals surface area contributed by atoms with Gasteiger partial charge in [0.15, 0.2) is 0 Å². The molecule has 0 fully saturated rings. The van der Waals surface area contributed by atoms with Crippen molar-refractivity contribution >= 4 is 23.1 Å². The molecule has 7 nitrogen and oxygen atoms in total. The molecular formula is C25H22N4O3. The molecule has 0 radical (unpaired) electrons. The van der Waals surface area contributed by atoms with Gasteiger partial charge in [-0.1, -0.05) is 42.5 Å². The van der Waals surface area contributed by atoms with E-state index in [1.807, 2.05) is 48.5 Å². The number of carbonyl (C=O) groups excluding carboxylic acids is 1. The van der Waals surface area contributed by atoms with Gasteiger partial charge in [0.05, 0.1) is 11.2 Å². The molecule has 160 valence electrons. The highest BCUT2D eigenvalue weighted by Crippen LogP contribution is 2.30. The molecule has 0 unspecified atom stereocenters. The minimum Gasteiger partial charge on any atom is -0.443 e. The molecule has 0 aliphatic heterocycles. The Hall–Kier alpha value is -4.31. The van der Waals surface area contributed by atoms with Gasteiger partial charge < -0.3 is 4.74 Å². The van der Waals surface area contributed by atoms with E-state index in [0.29, 0.717) is 11.2 Å². The molecule has 0 aliphatic carbocycles. The van der Waals surface area contributed by atoms with Gasteiger partial charge in [0, 0.05) is 12.3 Å². The van der Waals surface area contributed by atoms with Gasteiger partial charge in [-0.25, -0.2) is 14.2 Å². The predicted octanol–water partition coefficient (Wildman–Crippen LogP) is 5.24. The first-order valence-electron chi connectivity index (χ1n) is 10.1. The van der Waals surface area contributed by atoms with Crippen LogP contribution in [0.5, 0.6) is 0 Å². The van der Waals surface area contributed by atoms with Crippen LogP contribution in [0, 0.1) is 11.3 Å². The van der Waals surface area contributed by atoms with Gasteiger partial charge in [0.25, 0.3) is 0 Å². The van der Waals surface area contributed by atoms with Crippen molar-refractivity contribution in [2.75, 3.05) is 4.90 Å². The summed E-state index contributed by atoms with van der Waals surface area (Å²) in [6.07, 6.45) is 0.961. The third kappa shape index (κ3) is 3.98. The molecule has 1 amide bonds. The van der Waals surface area contributed by atoms with Gasteiger partial charge in [-0.3, -0.25) is 9.89 Å². The predicted molar refractivity (Wildman–Crippen MR) is 123 cm³/mol. The second-order valence-corrected chi connectivity index (χ2v) is 8.27. The van der Waals surface area contributed by atoms with Crippen LogP contribution in [0.15, 0.2) is 77.7 Å². The topological polar surface area (TPSA) is 90.6 Å². The largest absolute Gasteiger partial charge is 0.443 e. The average molecular weight is 426 g/mol. The van der Waals surface area contributed by atoms with Crippen molar-refractivity contribution in [2.45, 2.75) is 26.4 Å². The number of nitrogens with zero attached hydrogens (tertiary/aromatic N) is 3. The summed E-state index contributed by atoms with van der Waals surface area (Å²) in [4.78, 5) is 27.2. The molecule has 0 atom stereocenters. The molecule has 2 aromatic carbocycles. The molecule has 0 spiro atoms. The quantitative estimate of drug-likeness (QED) is 0.485. The number of hydrogen-bond donors (Lipinski definition) is 1. The lowest BCUT2D eigenvalue weighted by Gasteiger charge is -2.28. The second-order valence-electron chi connectivity index (χ2n) is 8.27. The molecule has 0 bridgehead atoms. The number of anilines is 2. The molecule has 0 aliphatic rings. The second kappa shape index (κ2) is 8.08. The maximum atomic E-state index is 13.3. The van der Waals surface area contributed by atoms with Crippen LogP contribution >= 0.6 is 0 Å². The number of nitrogens with one attached hydrogen (secondary N) is 1. The summed E-state index contributed by atoms with van der Waals surface area (Å²) in [5.74, 6) is 0.246. The SMILES string of the molecule is CC(C)(C)OC(=O)N(c1ccc(-c2ccccc2)cc1)c1cc(=O)c(C#N)c2cc[nH]n12. The van der Waals surface area contributed by atoms with E-state index in [4.69, 9.17) is 4.74 Å². The summed E-state index contributed by atoms with van der Waals surface area (Å²) in [6, 6.07) is 22.1. The number of pyridine rings is 1. The summed E-state index contributed by atoms with van der Waals surface area (Å²) < 4.78 is 7.16. The smallest absolute Gasteiger partial charge is 0.420 e. The number of amides is 1. The maximum absolute atomic E-state index is 13.3. The van der Waals surface area contributed by atoms with Crippen LogP contribution in [0.1, 0.15) is 26.3 Å².